The van der Waals surface area contributed by atoms with E-state index in [0.29, 0.717) is 11.8 Å². The largest absolute Gasteiger partial charge is 0.493 e. The standard InChI is InChI=1S/C21H30N4O3S2/c1-4-16-7-5-6-12-25(16)19(26)14-29-21-24-23-20(30-21)22-11-10-15-8-9-17(27-2)18(13-15)28-3/h8-9,13,16H,4-7,10-12,14H2,1-3H3,(H,22,23)/t16-/m0/s1. The van der Waals surface area contributed by atoms with E-state index < -0.39 is 0 Å². The van der Waals surface area contributed by atoms with Gasteiger partial charge < -0.3 is 19.7 Å². The summed E-state index contributed by atoms with van der Waals surface area (Å²) in [6, 6.07) is 6.32. The molecule has 0 radical (unpaired) electrons. The molecule has 7 nitrogen and oxygen atoms in total. The molecule has 1 atom stereocenters. The van der Waals surface area contributed by atoms with Crippen LogP contribution in [0.4, 0.5) is 5.13 Å². The van der Waals surface area contributed by atoms with Crippen molar-refractivity contribution in [2.75, 3.05) is 38.4 Å². The average Bonchev–Trinajstić information content (AvgIpc) is 3.25. The predicted octanol–water partition coefficient (Wildman–Crippen LogP) is 4.09. The van der Waals surface area contributed by atoms with E-state index >= 15 is 0 Å². The number of nitrogens with one attached hydrogen (secondary N) is 1. The van der Waals surface area contributed by atoms with E-state index in [1.165, 1.54) is 29.5 Å². The second-order valence-electron chi connectivity index (χ2n) is 7.17. The van der Waals surface area contributed by atoms with Gasteiger partial charge in [-0.25, -0.2) is 0 Å². The Hall–Kier alpha value is -2.00. The van der Waals surface area contributed by atoms with Crippen molar-refractivity contribution in [3.8, 4) is 11.5 Å². The van der Waals surface area contributed by atoms with E-state index in [1.807, 2.05) is 18.2 Å². The van der Waals surface area contributed by atoms with Crippen LogP contribution in [0.15, 0.2) is 22.5 Å². The van der Waals surface area contributed by atoms with Crippen molar-refractivity contribution in [1.29, 1.82) is 0 Å². The lowest BCUT2D eigenvalue weighted by Gasteiger charge is -2.35. The highest BCUT2D eigenvalue weighted by Gasteiger charge is 2.25. The van der Waals surface area contributed by atoms with Gasteiger partial charge in [0.05, 0.1) is 20.0 Å². The molecule has 1 aliphatic heterocycles. The van der Waals surface area contributed by atoms with E-state index in [2.05, 4.69) is 27.3 Å². The quantitative estimate of drug-likeness (QED) is 0.546. The SMILES string of the molecule is CC[C@H]1CCCCN1C(=O)CSc1nnc(NCCc2ccc(OC)c(OC)c2)s1. The number of nitrogens with zero attached hydrogens (tertiary/aromatic N) is 3. The maximum Gasteiger partial charge on any atom is 0.233 e. The van der Waals surface area contributed by atoms with Crippen molar-refractivity contribution < 1.29 is 14.3 Å². The zero-order chi connectivity index (χ0) is 21.3. The summed E-state index contributed by atoms with van der Waals surface area (Å²) < 4.78 is 11.4. The molecule has 1 aromatic heterocycles. The van der Waals surface area contributed by atoms with Crippen molar-refractivity contribution in [3.05, 3.63) is 23.8 Å². The Morgan fingerprint density at radius 1 is 1.27 bits per heavy atom. The Morgan fingerprint density at radius 2 is 2.10 bits per heavy atom. The normalized spacial score (nSPS) is 16.4. The third-order valence-electron chi connectivity index (χ3n) is 5.28. The number of aromatic nitrogens is 2. The van der Waals surface area contributed by atoms with Crippen molar-refractivity contribution in [2.45, 2.75) is 49.4 Å². The molecule has 2 heterocycles. The minimum atomic E-state index is 0.213. The number of hydrogen-bond acceptors (Lipinski definition) is 8. The second kappa shape index (κ2) is 11.4. The molecule has 1 aliphatic rings. The Labute approximate surface area is 186 Å². The van der Waals surface area contributed by atoms with Crippen LogP contribution in [0.3, 0.4) is 0 Å². The summed E-state index contributed by atoms with van der Waals surface area (Å²) in [5, 5.41) is 12.5. The number of carbonyl (C=O) groups is 1. The number of hydrogen-bond donors (Lipinski definition) is 1. The Kier molecular flexibility index (Phi) is 8.62. The van der Waals surface area contributed by atoms with Gasteiger partial charge >= 0.3 is 0 Å². The fourth-order valence-electron chi connectivity index (χ4n) is 3.65. The molecule has 164 valence electrons. The summed E-state index contributed by atoms with van der Waals surface area (Å²) >= 11 is 2.97. The van der Waals surface area contributed by atoms with Crippen LogP contribution in [0.2, 0.25) is 0 Å². The number of amides is 1. The smallest absolute Gasteiger partial charge is 0.233 e. The van der Waals surface area contributed by atoms with Gasteiger partial charge in [-0.3, -0.25) is 4.79 Å². The number of anilines is 1. The molecule has 9 heteroatoms. The van der Waals surface area contributed by atoms with Crippen LogP contribution < -0.4 is 14.8 Å². The van der Waals surface area contributed by atoms with Crippen molar-refractivity contribution >= 4 is 34.1 Å². The van der Waals surface area contributed by atoms with Gasteiger partial charge in [0.2, 0.25) is 11.0 Å². The molecule has 0 spiro atoms. The number of piperidine rings is 1. The molecule has 1 saturated heterocycles. The predicted molar refractivity (Wildman–Crippen MR) is 122 cm³/mol. The van der Waals surface area contributed by atoms with E-state index in [4.69, 9.17) is 9.47 Å². The zero-order valence-corrected chi connectivity index (χ0v) is 19.5. The minimum Gasteiger partial charge on any atom is -0.493 e. The van der Waals surface area contributed by atoms with E-state index in [-0.39, 0.29) is 5.91 Å². The number of rotatable bonds is 10. The van der Waals surface area contributed by atoms with Crippen LogP contribution in [-0.2, 0) is 11.2 Å². The van der Waals surface area contributed by atoms with Crippen molar-refractivity contribution in [3.63, 3.8) is 0 Å². The van der Waals surface area contributed by atoms with Crippen LogP contribution in [0, 0.1) is 0 Å². The number of carbonyl (C=O) groups excluding carboxylic acids is 1. The number of ether oxygens (including phenoxy) is 2. The van der Waals surface area contributed by atoms with E-state index in [1.54, 1.807) is 14.2 Å². The van der Waals surface area contributed by atoms with Gasteiger partial charge in [-0.15, -0.1) is 10.2 Å². The lowest BCUT2D eigenvalue weighted by Crippen LogP contribution is -2.44. The third kappa shape index (κ3) is 6.01. The molecule has 1 N–H and O–H groups in total. The first-order valence-corrected chi connectivity index (χ1v) is 12.1. The summed E-state index contributed by atoms with van der Waals surface area (Å²) in [7, 11) is 3.27. The summed E-state index contributed by atoms with van der Waals surface area (Å²) in [6.45, 7) is 3.78. The van der Waals surface area contributed by atoms with Gasteiger partial charge in [0.1, 0.15) is 0 Å². The molecule has 3 rings (SSSR count). The molecule has 2 aromatic rings. The van der Waals surface area contributed by atoms with Gasteiger partial charge in [-0.05, 0) is 49.8 Å². The molecule has 30 heavy (non-hydrogen) atoms. The van der Waals surface area contributed by atoms with Gasteiger partial charge in [-0.2, -0.15) is 0 Å². The lowest BCUT2D eigenvalue weighted by atomic mass is 10.0. The zero-order valence-electron chi connectivity index (χ0n) is 17.8. The fourth-order valence-corrected chi connectivity index (χ4v) is 5.31. The average molecular weight is 451 g/mol. The van der Waals surface area contributed by atoms with Crippen molar-refractivity contribution in [2.24, 2.45) is 0 Å². The maximum atomic E-state index is 12.6. The molecular formula is C21H30N4O3S2. The van der Waals surface area contributed by atoms with Crippen LogP contribution >= 0.6 is 23.1 Å². The molecule has 0 bridgehead atoms. The van der Waals surface area contributed by atoms with Gasteiger partial charge in [0.15, 0.2) is 15.8 Å². The number of thioether (sulfide) groups is 1. The molecule has 0 saturated carbocycles. The summed E-state index contributed by atoms with van der Waals surface area (Å²) in [6.07, 6.45) is 5.32. The molecular weight excluding hydrogens is 420 g/mol. The molecule has 1 fully saturated rings. The van der Waals surface area contributed by atoms with E-state index in [0.717, 1.165) is 65.3 Å². The van der Waals surface area contributed by atoms with Crippen LogP contribution in [0.5, 0.6) is 11.5 Å². The summed E-state index contributed by atoms with van der Waals surface area (Å²) in [4.78, 5) is 14.7. The Bertz CT molecular complexity index is 830. The lowest BCUT2D eigenvalue weighted by molar-refractivity contribution is -0.132. The monoisotopic (exact) mass is 450 g/mol. The molecule has 1 aromatic carbocycles. The summed E-state index contributed by atoms with van der Waals surface area (Å²) in [5.74, 6) is 2.10. The first-order chi connectivity index (χ1) is 14.6. The van der Waals surface area contributed by atoms with E-state index in [9.17, 15) is 4.79 Å². The van der Waals surface area contributed by atoms with Crippen LogP contribution in [0.1, 0.15) is 38.2 Å². The number of methoxy groups -OCH3 is 2. The summed E-state index contributed by atoms with van der Waals surface area (Å²) in [5.41, 5.74) is 1.15. The molecule has 1 amide bonds. The number of benzene rings is 1. The first-order valence-electron chi connectivity index (χ1n) is 10.3. The second-order valence-corrected chi connectivity index (χ2v) is 9.37. The highest BCUT2D eigenvalue weighted by Crippen LogP contribution is 2.29. The van der Waals surface area contributed by atoms with Gasteiger partial charge in [0.25, 0.3) is 0 Å². The third-order valence-corrected chi connectivity index (χ3v) is 7.28. The molecule has 0 unspecified atom stereocenters. The van der Waals surface area contributed by atoms with Gasteiger partial charge in [-0.1, -0.05) is 36.1 Å². The Morgan fingerprint density at radius 3 is 2.87 bits per heavy atom. The highest BCUT2D eigenvalue weighted by molar-refractivity contribution is 8.01. The number of likely N-dealkylation sites (tertiary alicyclic amines) is 1. The maximum absolute atomic E-state index is 12.6. The Balaban J connectivity index is 1.44. The van der Waals surface area contributed by atoms with Crippen LogP contribution in [0.25, 0.3) is 0 Å². The van der Waals surface area contributed by atoms with Crippen LogP contribution in [-0.4, -0.2) is 60.1 Å². The topological polar surface area (TPSA) is 76.6 Å². The van der Waals surface area contributed by atoms with Gasteiger partial charge in [0, 0.05) is 19.1 Å². The molecule has 0 aliphatic carbocycles. The fraction of sp³-hybridized carbons (Fsp3) is 0.571. The van der Waals surface area contributed by atoms with Crippen molar-refractivity contribution in [1.82, 2.24) is 15.1 Å². The first kappa shape index (κ1) is 22.7. The highest BCUT2D eigenvalue weighted by atomic mass is 32.2. The minimum absolute atomic E-state index is 0.213.